The fraction of sp³-hybridized carbons (Fsp3) is 0.160. The van der Waals surface area contributed by atoms with E-state index in [9.17, 15) is 4.79 Å². The maximum atomic E-state index is 11.6. The van der Waals surface area contributed by atoms with Gasteiger partial charge in [0.05, 0.1) is 24.1 Å². The van der Waals surface area contributed by atoms with Gasteiger partial charge in [-0.3, -0.25) is 9.78 Å². The van der Waals surface area contributed by atoms with Crippen molar-refractivity contribution in [2.24, 2.45) is 0 Å². The predicted octanol–water partition coefficient (Wildman–Crippen LogP) is 4.95. The monoisotopic (exact) mass is 412 g/mol. The van der Waals surface area contributed by atoms with Crippen LogP contribution >= 0.6 is 0 Å². The SMILES string of the molecule is CCCC(=O)ONCc1cnn(-c2ccc(-c3ccccc3)cc2)c1-c1cccnc1. The minimum atomic E-state index is -0.269. The Morgan fingerprint density at radius 3 is 2.39 bits per heavy atom. The van der Waals surface area contributed by atoms with Crippen LogP contribution in [0.3, 0.4) is 0 Å². The van der Waals surface area contributed by atoms with Crippen molar-refractivity contribution in [1.29, 1.82) is 0 Å². The topological polar surface area (TPSA) is 69.0 Å². The van der Waals surface area contributed by atoms with Crippen molar-refractivity contribution in [1.82, 2.24) is 20.2 Å². The van der Waals surface area contributed by atoms with E-state index >= 15 is 0 Å². The van der Waals surface area contributed by atoms with Crippen molar-refractivity contribution in [2.45, 2.75) is 26.3 Å². The summed E-state index contributed by atoms with van der Waals surface area (Å²) in [4.78, 5) is 21.0. The highest BCUT2D eigenvalue weighted by atomic mass is 16.7. The van der Waals surface area contributed by atoms with E-state index in [1.54, 1.807) is 18.6 Å². The summed E-state index contributed by atoms with van der Waals surface area (Å²) in [5.41, 5.74) is 8.76. The molecule has 2 aromatic carbocycles. The molecule has 0 bridgehead atoms. The van der Waals surface area contributed by atoms with Gasteiger partial charge in [-0.15, -0.1) is 5.48 Å². The molecule has 156 valence electrons. The van der Waals surface area contributed by atoms with Crippen LogP contribution in [-0.2, 0) is 16.2 Å². The van der Waals surface area contributed by atoms with Gasteiger partial charge in [0, 0.05) is 29.9 Å². The van der Waals surface area contributed by atoms with E-state index in [0.29, 0.717) is 13.0 Å². The molecule has 0 unspecified atom stereocenters. The maximum Gasteiger partial charge on any atom is 0.324 e. The third kappa shape index (κ3) is 4.87. The summed E-state index contributed by atoms with van der Waals surface area (Å²) >= 11 is 0. The van der Waals surface area contributed by atoms with Crippen molar-refractivity contribution in [2.75, 3.05) is 0 Å². The molecular weight excluding hydrogens is 388 g/mol. The molecule has 0 aliphatic rings. The number of hydrogen-bond acceptors (Lipinski definition) is 5. The molecule has 0 spiro atoms. The van der Waals surface area contributed by atoms with Crippen LogP contribution in [0.15, 0.2) is 85.3 Å². The fourth-order valence-electron chi connectivity index (χ4n) is 3.39. The largest absolute Gasteiger partial charge is 0.370 e. The highest BCUT2D eigenvalue weighted by Gasteiger charge is 2.15. The highest BCUT2D eigenvalue weighted by Crippen LogP contribution is 2.27. The van der Waals surface area contributed by atoms with E-state index in [4.69, 9.17) is 4.84 Å². The summed E-state index contributed by atoms with van der Waals surface area (Å²) in [5.74, 6) is -0.269. The Labute approximate surface area is 181 Å². The summed E-state index contributed by atoms with van der Waals surface area (Å²) in [6.45, 7) is 2.29. The molecule has 0 saturated carbocycles. The first kappa shape index (κ1) is 20.5. The molecule has 6 heteroatoms. The zero-order valence-corrected chi connectivity index (χ0v) is 17.4. The number of carbonyl (C=O) groups is 1. The van der Waals surface area contributed by atoms with E-state index in [-0.39, 0.29) is 5.97 Å². The smallest absolute Gasteiger partial charge is 0.324 e. The Kier molecular flexibility index (Phi) is 6.50. The summed E-state index contributed by atoms with van der Waals surface area (Å²) in [5, 5.41) is 4.61. The van der Waals surface area contributed by atoms with Gasteiger partial charge in [-0.05, 0) is 41.8 Å². The Bertz CT molecular complexity index is 1120. The van der Waals surface area contributed by atoms with Gasteiger partial charge < -0.3 is 4.84 Å². The van der Waals surface area contributed by atoms with Crippen LogP contribution in [0.25, 0.3) is 28.1 Å². The molecule has 0 aliphatic heterocycles. The van der Waals surface area contributed by atoms with E-state index in [2.05, 4.69) is 39.8 Å². The maximum absolute atomic E-state index is 11.6. The van der Waals surface area contributed by atoms with Crippen LogP contribution in [0, 0.1) is 0 Å². The van der Waals surface area contributed by atoms with E-state index in [1.807, 2.05) is 54.1 Å². The molecule has 0 atom stereocenters. The number of rotatable bonds is 8. The molecule has 0 saturated heterocycles. The van der Waals surface area contributed by atoms with Crippen LogP contribution < -0.4 is 5.48 Å². The van der Waals surface area contributed by atoms with Gasteiger partial charge in [0.2, 0.25) is 0 Å². The van der Waals surface area contributed by atoms with Gasteiger partial charge in [-0.25, -0.2) is 4.68 Å². The number of hydrogen-bond donors (Lipinski definition) is 1. The highest BCUT2D eigenvalue weighted by molar-refractivity contribution is 5.69. The molecule has 4 rings (SSSR count). The average Bonchev–Trinajstić information content (AvgIpc) is 3.24. The van der Waals surface area contributed by atoms with Gasteiger partial charge in [0.25, 0.3) is 0 Å². The van der Waals surface area contributed by atoms with E-state index in [1.165, 1.54) is 5.56 Å². The first-order valence-corrected chi connectivity index (χ1v) is 10.3. The molecule has 1 N–H and O–H groups in total. The van der Waals surface area contributed by atoms with Crippen LogP contribution in [0.5, 0.6) is 0 Å². The Balaban J connectivity index is 1.63. The lowest BCUT2D eigenvalue weighted by Crippen LogP contribution is -2.19. The van der Waals surface area contributed by atoms with Gasteiger partial charge in [-0.2, -0.15) is 5.10 Å². The lowest BCUT2D eigenvalue weighted by Gasteiger charge is -2.11. The van der Waals surface area contributed by atoms with Crippen molar-refractivity contribution in [3.63, 3.8) is 0 Å². The number of hydroxylamine groups is 1. The lowest BCUT2D eigenvalue weighted by atomic mass is 10.1. The molecule has 31 heavy (non-hydrogen) atoms. The first-order valence-electron chi connectivity index (χ1n) is 10.3. The van der Waals surface area contributed by atoms with Crippen molar-refractivity contribution >= 4 is 5.97 Å². The minimum Gasteiger partial charge on any atom is -0.370 e. The summed E-state index contributed by atoms with van der Waals surface area (Å²) < 4.78 is 1.89. The molecule has 0 amide bonds. The van der Waals surface area contributed by atoms with Gasteiger partial charge >= 0.3 is 5.97 Å². The van der Waals surface area contributed by atoms with Crippen molar-refractivity contribution in [3.8, 4) is 28.1 Å². The summed E-state index contributed by atoms with van der Waals surface area (Å²) in [6.07, 6.45) is 6.46. The number of pyridine rings is 1. The van der Waals surface area contributed by atoms with Crippen LogP contribution in [-0.4, -0.2) is 20.7 Å². The molecule has 6 nitrogen and oxygen atoms in total. The minimum absolute atomic E-state index is 0.269. The van der Waals surface area contributed by atoms with Gasteiger partial charge in [-0.1, -0.05) is 49.4 Å². The van der Waals surface area contributed by atoms with Crippen molar-refractivity contribution < 1.29 is 9.63 Å². The number of nitrogens with zero attached hydrogens (tertiary/aromatic N) is 3. The molecule has 0 aliphatic carbocycles. The second kappa shape index (κ2) is 9.82. The predicted molar refractivity (Wildman–Crippen MR) is 120 cm³/mol. The van der Waals surface area contributed by atoms with Crippen LogP contribution in [0.2, 0.25) is 0 Å². The standard InChI is InChI=1S/C25H24N4O2/c1-2-7-24(30)31-28-18-22-17-27-29(25(22)21-10-6-15-26-16-21)23-13-11-20(12-14-23)19-8-4-3-5-9-19/h3-6,8-17,28H,2,7,18H2,1H3. The van der Waals surface area contributed by atoms with E-state index in [0.717, 1.165) is 34.5 Å². The molecular formula is C25H24N4O2. The zero-order chi connectivity index (χ0) is 21.5. The fourth-order valence-corrected chi connectivity index (χ4v) is 3.39. The van der Waals surface area contributed by atoms with Crippen LogP contribution in [0.4, 0.5) is 0 Å². The van der Waals surface area contributed by atoms with Crippen molar-refractivity contribution in [3.05, 3.63) is 90.9 Å². The summed E-state index contributed by atoms with van der Waals surface area (Å²) in [6, 6.07) is 22.4. The number of nitrogens with one attached hydrogen (secondary N) is 1. The van der Waals surface area contributed by atoms with Gasteiger partial charge in [0.1, 0.15) is 0 Å². The Morgan fingerprint density at radius 2 is 1.68 bits per heavy atom. The number of benzene rings is 2. The normalized spacial score (nSPS) is 10.7. The lowest BCUT2D eigenvalue weighted by molar-refractivity contribution is -0.151. The average molecular weight is 412 g/mol. The molecule has 4 aromatic rings. The molecule has 2 heterocycles. The second-order valence-corrected chi connectivity index (χ2v) is 7.13. The van der Waals surface area contributed by atoms with Crippen LogP contribution in [0.1, 0.15) is 25.3 Å². The zero-order valence-electron chi connectivity index (χ0n) is 17.4. The summed E-state index contributed by atoms with van der Waals surface area (Å²) in [7, 11) is 0. The third-order valence-electron chi connectivity index (χ3n) is 4.90. The van der Waals surface area contributed by atoms with Gasteiger partial charge in [0.15, 0.2) is 0 Å². The third-order valence-corrected chi connectivity index (χ3v) is 4.90. The molecule has 0 radical (unpaired) electrons. The first-order chi connectivity index (χ1) is 15.3. The number of carbonyl (C=O) groups excluding carboxylic acids is 1. The van der Waals surface area contributed by atoms with E-state index < -0.39 is 0 Å². The second-order valence-electron chi connectivity index (χ2n) is 7.13. The Morgan fingerprint density at radius 1 is 0.935 bits per heavy atom. The molecule has 2 aromatic heterocycles. The number of aromatic nitrogens is 3. The quantitative estimate of drug-likeness (QED) is 0.415. The Hall–Kier alpha value is -3.77. The molecule has 0 fully saturated rings.